The molecule has 0 unspecified atom stereocenters. The molecule has 0 bridgehead atoms. The maximum Gasteiger partial charge on any atom is 0.227 e. The van der Waals surface area contributed by atoms with E-state index in [1.54, 1.807) is 6.07 Å². The minimum atomic E-state index is -0.399. The minimum absolute atomic E-state index is 0.191. The van der Waals surface area contributed by atoms with Crippen LogP contribution in [-0.2, 0) is 4.79 Å². The highest BCUT2D eigenvalue weighted by Crippen LogP contribution is 2.23. The lowest BCUT2D eigenvalue weighted by molar-refractivity contribution is -0.116. The Morgan fingerprint density at radius 1 is 1.29 bits per heavy atom. The first-order valence-corrected chi connectivity index (χ1v) is 7.28. The quantitative estimate of drug-likeness (QED) is 0.871. The molecule has 0 spiro atoms. The van der Waals surface area contributed by atoms with Gasteiger partial charge in [0.1, 0.15) is 11.6 Å². The number of benzene rings is 2. The fourth-order valence-electron chi connectivity index (χ4n) is 1.77. The van der Waals surface area contributed by atoms with Gasteiger partial charge in [-0.3, -0.25) is 4.79 Å². The molecule has 0 aliphatic rings. The molecule has 2 aromatic carbocycles. The van der Waals surface area contributed by atoms with Crippen LogP contribution in [0.2, 0.25) is 0 Å². The summed E-state index contributed by atoms with van der Waals surface area (Å²) < 4.78 is 19.3. The number of hydrogen-bond acceptors (Lipinski definition) is 2. The van der Waals surface area contributed by atoms with Crippen molar-refractivity contribution in [1.29, 1.82) is 0 Å². The Morgan fingerprint density at radius 3 is 2.86 bits per heavy atom. The Balaban J connectivity index is 1.84. The van der Waals surface area contributed by atoms with Crippen molar-refractivity contribution in [3.8, 4) is 5.75 Å². The Labute approximate surface area is 131 Å². The van der Waals surface area contributed by atoms with Crippen molar-refractivity contribution in [3.63, 3.8) is 0 Å². The zero-order chi connectivity index (χ0) is 15.2. The summed E-state index contributed by atoms with van der Waals surface area (Å²) in [7, 11) is 0. The van der Waals surface area contributed by atoms with Gasteiger partial charge in [0.2, 0.25) is 5.91 Å². The first-order valence-electron chi connectivity index (χ1n) is 6.49. The molecule has 0 fully saturated rings. The molecule has 0 aliphatic carbocycles. The predicted octanol–water partition coefficient (Wildman–Crippen LogP) is 4.30. The van der Waals surface area contributed by atoms with E-state index in [2.05, 4.69) is 21.2 Å². The second-order valence-corrected chi connectivity index (χ2v) is 5.44. The van der Waals surface area contributed by atoms with Crippen LogP contribution >= 0.6 is 15.9 Å². The van der Waals surface area contributed by atoms with Crippen molar-refractivity contribution in [3.05, 3.63) is 58.3 Å². The van der Waals surface area contributed by atoms with Gasteiger partial charge < -0.3 is 10.1 Å². The number of nitrogens with one attached hydrogen (secondary N) is 1. The molecule has 0 aliphatic heterocycles. The van der Waals surface area contributed by atoms with Crippen LogP contribution < -0.4 is 10.1 Å². The van der Waals surface area contributed by atoms with Crippen molar-refractivity contribution in [1.82, 2.24) is 0 Å². The summed E-state index contributed by atoms with van der Waals surface area (Å²) in [6, 6.07) is 11.8. The lowest BCUT2D eigenvalue weighted by Crippen LogP contribution is -2.15. The topological polar surface area (TPSA) is 38.3 Å². The average Bonchev–Trinajstić information content (AvgIpc) is 2.43. The van der Waals surface area contributed by atoms with E-state index in [1.165, 1.54) is 12.1 Å². The number of aryl methyl sites for hydroxylation is 1. The van der Waals surface area contributed by atoms with Crippen LogP contribution in [0.15, 0.2) is 46.9 Å². The molecule has 2 rings (SSSR count). The molecule has 1 N–H and O–H groups in total. The summed E-state index contributed by atoms with van der Waals surface area (Å²) in [5.41, 5.74) is 1.51. The Bertz CT molecular complexity index is 646. The van der Waals surface area contributed by atoms with Gasteiger partial charge in [0.15, 0.2) is 0 Å². The zero-order valence-corrected chi connectivity index (χ0v) is 13.1. The molecule has 0 atom stereocenters. The fraction of sp³-hybridized carbons (Fsp3) is 0.188. The van der Waals surface area contributed by atoms with Gasteiger partial charge in [-0.2, -0.15) is 0 Å². The molecular formula is C16H15BrFNO2. The summed E-state index contributed by atoms with van der Waals surface area (Å²) >= 11 is 3.26. The molecule has 3 nitrogen and oxygen atoms in total. The highest BCUT2D eigenvalue weighted by atomic mass is 79.9. The van der Waals surface area contributed by atoms with E-state index in [0.717, 1.165) is 11.3 Å². The van der Waals surface area contributed by atoms with Gasteiger partial charge in [-0.1, -0.05) is 12.1 Å². The molecule has 21 heavy (non-hydrogen) atoms. The lowest BCUT2D eigenvalue weighted by atomic mass is 10.2. The molecule has 1 amide bonds. The number of hydrogen-bond donors (Lipinski definition) is 1. The van der Waals surface area contributed by atoms with E-state index < -0.39 is 5.82 Å². The van der Waals surface area contributed by atoms with Crippen LogP contribution in [0.3, 0.4) is 0 Å². The fourth-order valence-corrected chi connectivity index (χ4v) is 2.12. The molecule has 0 radical (unpaired) electrons. The highest BCUT2D eigenvalue weighted by Gasteiger charge is 2.07. The number of carbonyl (C=O) groups excluding carboxylic acids is 1. The second-order valence-electron chi connectivity index (χ2n) is 4.59. The number of amides is 1. The average molecular weight is 352 g/mol. The first kappa shape index (κ1) is 15.5. The number of halogens is 2. The molecule has 0 heterocycles. The molecule has 0 saturated heterocycles. The Hall–Kier alpha value is -1.88. The van der Waals surface area contributed by atoms with E-state index in [1.807, 2.05) is 31.2 Å². The van der Waals surface area contributed by atoms with E-state index >= 15 is 0 Å². The second kappa shape index (κ2) is 7.22. The molecule has 110 valence electrons. The van der Waals surface area contributed by atoms with Gasteiger partial charge in [-0.05, 0) is 58.7 Å². The lowest BCUT2D eigenvalue weighted by Gasteiger charge is -2.09. The Kier molecular flexibility index (Phi) is 5.33. The first-order chi connectivity index (χ1) is 10.0. The van der Waals surface area contributed by atoms with E-state index in [9.17, 15) is 9.18 Å². The highest BCUT2D eigenvalue weighted by molar-refractivity contribution is 9.10. The van der Waals surface area contributed by atoms with Gasteiger partial charge in [0.25, 0.3) is 0 Å². The summed E-state index contributed by atoms with van der Waals surface area (Å²) in [6.07, 6.45) is 0.191. The summed E-state index contributed by atoms with van der Waals surface area (Å²) in [6.45, 7) is 2.24. The van der Waals surface area contributed by atoms with Crippen molar-refractivity contribution < 1.29 is 13.9 Å². The third-order valence-corrected chi connectivity index (χ3v) is 3.48. The van der Waals surface area contributed by atoms with Crippen LogP contribution in [0.4, 0.5) is 10.1 Å². The normalized spacial score (nSPS) is 10.2. The standard InChI is InChI=1S/C16H15BrFNO2/c1-11-3-2-4-13(9-11)21-8-7-16(20)19-15-10-12(18)5-6-14(15)17/h2-6,9-10H,7-8H2,1H3,(H,19,20). The third kappa shape index (κ3) is 4.86. The third-order valence-electron chi connectivity index (χ3n) is 2.79. The van der Waals surface area contributed by atoms with Gasteiger partial charge in [0, 0.05) is 4.47 Å². The molecule has 0 aromatic heterocycles. The van der Waals surface area contributed by atoms with E-state index in [0.29, 0.717) is 10.2 Å². The van der Waals surface area contributed by atoms with Crippen LogP contribution in [0.25, 0.3) is 0 Å². The van der Waals surface area contributed by atoms with Gasteiger partial charge >= 0.3 is 0 Å². The zero-order valence-electron chi connectivity index (χ0n) is 11.5. The number of rotatable bonds is 5. The van der Waals surface area contributed by atoms with E-state index in [-0.39, 0.29) is 18.9 Å². The minimum Gasteiger partial charge on any atom is -0.493 e. The van der Waals surface area contributed by atoms with Crippen molar-refractivity contribution in [2.24, 2.45) is 0 Å². The molecular weight excluding hydrogens is 337 g/mol. The van der Waals surface area contributed by atoms with Crippen LogP contribution in [-0.4, -0.2) is 12.5 Å². The predicted molar refractivity (Wildman–Crippen MR) is 84.0 cm³/mol. The molecule has 5 heteroatoms. The van der Waals surface area contributed by atoms with Crippen molar-refractivity contribution in [2.45, 2.75) is 13.3 Å². The summed E-state index contributed by atoms with van der Waals surface area (Å²) in [5, 5.41) is 2.64. The SMILES string of the molecule is Cc1cccc(OCCC(=O)Nc2cc(F)ccc2Br)c1. The molecule has 2 aromatic rings. The Morgan fingerprint density at radius 2 is 2.10 bits per heavy atom. The number of ether oxygens (including phenoxy) is 1. The number of carbonyl (C=O) groups is 1. The van der Waals surface area contributed by atoms with E-state index in [4.69, 9.17) is 4.74 Å². The van der Waals surface area contributed by atoms with Crippen molar-refractivity contribution >= 4 is 27.5 Å². The van der Waals surface area contributed by atoms with Gasteiger partial charge in [0.05, 0.1) is 18.7 Å². The summed E-state index contributed by atoms with van der Waals surface area (Å²) in [5.74, 6) is 0.105. The van der Waals surface area contributed by atoms with Crippen LogP contribution in [0.5, 0.6) is 5.75 Å². The van der Waals surface area contributed by atoms with Gasteiger partial charge in [-0.15, -0.1) is 0 Å². The van der Waals surface area contributed by atoms with Gasteiger partial charge in [-0.25, -0.2) is 4.39 Å². The monoisotopic (exact) mass is 351 g/mol. The summed E-state index contributed by atoms with van der Waals surface area (Å²) in [4.78, 5) is 11.8. The largest absolute Gasteiger partial charge is 0.493 e. The number of anilines is 1. The maximum atomic E-state index is 13.1. The molecule has 0 saturated carbocycles. The maximum absolute atomic E-state index is 13.1. The van der Waals surface area contributed by atoms with Crippen LogP contribution in [0, 0.1) is 12.7 Å². The van der Waals surface area contributed by atoms with Crippen LogP contribution in [0.1, 0.15) is 12.0 Å². The smallest absolute Gasteiger partial charge is 0.227 e. The van der Waals surface area contributed by atoms with Crippen molar-refractivity contribution in [2.75, 3.05) is 11.9 Å².